The van der Waals surface area contributed by atoms with Crippen LogP contribution in [-0.2, 0) is 11.2 Å². The van der Waals surface area contributed by atoms with Gasteiger partial charge in [0.15, 0.2) is 11.5 Å². The van der Waals surface area contributed by atoms with Crippen molar-refractivity contribution < 1.29 is 14.6 Å². The minimum atomic E-state index is -0.311. The number of fused-ring (bicyclic) bond motifs is 2. The van der Waals surface area contributed by atoms with Crippen LogP contribution in [0.4, 0.5) is 5.82 Å². The average molecular weight is 567 g/mol. The van der Waals surface area contributed by atoms with E-state index in [0.717, 1.165) is 41.4 Å². The molecule has 4 heterocycles. The van der Waals surface area contributed by atoms with Crippen LogP contribution in [0.5, 0.6) is 11.8 Å². The third kappa shape index (κ3) is 5.33. The van der Waals surface area contributed by atoms with Crippen molar-refractivity contribution in [3.63, 3.8) is 0 Å². The lowest BCUT2D eigenvalue weighted by molar-refractivity contribution is -0.128. The Morgan fingerprint density at radius 3 is 2.88 bits per heavy atom. The number of aromatic nitrogens is 4. The lowest BCUT2D eigenvalue weighted by Gasteiger charge is -2.40. The molecule has 42 heavy (non-hydrogen) atoms. The predicted molar refractivity (Wildman–Crippen MR) is 158 cm³/mol. The molecule has 0 bridgehead atoms. The Morgan fingerprint density at radius 1 is 1.24 bits per heavy atom. The Kier molecular flexibility index (Phi) is 7.63. The highest BCUT2D eigenvalue weighted by Crippen LogP contribution is 2.29. The van der Waals surface area contributed by atoms with Crippen molar-refractivity contribution >= 4 is 28.1 Å². The largest absolute Gasteiger partial charge is 0.508 e. The third-order valence-corrected chi connectivity index (χ3v) is 8.34. The Labute approximate surface area is 244 Å². The molecule has 0 aliphatic carbocycles. The predicted octanol–water partition coefficient (Wildman–Crippen LogP) is 3.16. The van der Waals surface area contributed by atoms with E-state index in [4.69, 9.17) is 19.8 Å². The smallest absolute Gasteiger partial charge is 0.336 e. The number of likely N-dealkylation sites (tertiary alicyclic amines) is 1. The first kappa shape index (κ1) is 27.5. The first-order valence-electron chi connectivity index (χ1n) is 14.3. The Morgan fingerprint density at radius 2 is 2.10 bits per heavy atom. The fraction of sp³-hybridized carbons (Fsp3) is 0.387. The van der Waals surface area contributed by atoms with Gasteiger partial charge in [0.25, 0.3) is 0 Å². The molecular weight excluding hydrogens is 532 g/mol. The molecule has 2 aliphatic rings. The second-order valence-corrected chi connectivity index (χ2v) is 11.0. The van der Waals surface area contributed by atoms with Gasteiger partial charge in [-0.3, -0.25) is 4.79 Å². The van der Waals surface area contributed by atoms with Crippen molar-refractivity contribution in [2.24, 2.45) is 0 Å². The summed E-state index contributed by atoms with van der Waals surface area (Å²) in [5.74, 6) is 0.613. The molecule has 0 saturated carbocycles. The number of anilines is 1. The highest BCUT2D eigenvalue weighted by Gasteiger charge is 2.32. The van der Waals surface area contributed by atoms with Crippen molar-refractivity contribution in [3.8, 4) is 17.8 Å². The van der Waals surface area contributed by atoms with Crippen LogP contribution in [0.2, 0.25) is 0 Å². The van der Waals surface area contributed by atoms with Crippen molar-refractivity contribution in [2.75, 3.05) is 44.7 Å². The summed E-state index contributed by atoms with van der Waals surface area (Å²) in [6.07, 6.45) is 5.94. The van der Waals surface area contributed by atoms with Gasteiger partial charge in [-0.25, -0.2) is 9.50 Å². The number of carbonyl (C=O) groups excluding carboxylic acids is 1. The number of hydrogen-bond donors (Lipinski definition) is 1. The van der Waals surface area contributed by atoms with Gasteiger partial charge in [0.1, 0.15) is 12.4 Å². The molecule has 0 radical (unpaired) electrons. The van der Waals surface area contributed by atoms with Gasteiger partial charge in [-0.15, -0.1) is 5.10 Å². The standard InChI is InChI=1S/C31H34N8O3/c1-3-28(41)38-14-13-37(19-23(38)10-11-32)30-29-33-18-25(15-22-17-26(40)16-21-7-4-5-9-27(21)22)39(29)35-31(34-30)42-20-24-8-6-12-36(24)2/h3-5,7,9,16-18,23-24,40H,1,6,8,10,12-15,19-20H2,2H3/t23-,24-/m0/s1. The highest BCUT2D eigenvalue weighted by molar-refractivity contribution is 5.88. The molecule has 216 valence electrons. The number of imidazole rings is 1. The van der Waals surface area contributed by atoms with Gasteiger partial charge < -0.3 is 24.5 Å². The molecule has 2 saturated heterocycles. The van der Waals surface area contributed by atoms with Crippen LogP contribution in [-0.4, -0.2) is 92.3 Å². The summed E-state index contributed by atoms with van der Waals surface area (Å²) in [6.45, 7) is 6.50. The molecule has 11 nitrogen and oxygen atoms in total. The van der Waals surface area contributed by atoms with Crippen LogP contribution in [0.1, 0.15) is 30.5 Å². The van der Waals surface area contributed by atoms with Crippen LogP contribution in [0.3, 0.4) is 0 Å². The minimum absolute atomic E-state index is 0.186. The molecule has 1 N–H and O–H groups in total. The van der Waals surface area contributed by atoms with E-state index in [0.29, 0.717) is 50.2 Å². The summed E-state index contributed by atoms with van der Waals surface area (Å²) in [7, 11) is 2.10. The number of carbonyl (C=O) groups is 1. The number of hydrogen-bond acceptors (Lipinski definition) is 9. The molecule has 2 aromatic carbocycles. The quantitative estimate of drug-likeness (QED) is 0.320. The van der Waals surface area contributed by atoms with Crippen LogP contribution < -0.4 is 9.64 Å². The van der Waals surface area contributed by atoms with Crippen LogP contribution in [0.15, 0.2) is 55.3 Å². The molecular formula is C31H34N8O3. The van der Waals surface area contributed by atoms with E-state index in [1.165, 1.54) is 6.08 Å². The average Bonchev–Trinajstić information content (AvgIpc) is 3.60. The molecule has 2 aromatic heterocycles. The van der Waals surface area contributed by atoms with Crippen molar-refractivity contribution in [2.45, 2.75) is 37.8 Å². The number of amides is 1. The molecule has 1 amide bonds. The molecule has 4 aromatic rings. The molecule has 11 heteroatoms. The zero-order valence-corrected chi connectivity index (χ0v) is 23.7. The molecule has 2 atom stereocenters. The van der Waals surface area contributed by atoms with Gasteiger partial charge in [-0.05, 0) is 61.0 Å². The van der Waals surface area contributed by atoms with Crippen molar-refractivity contribution in [1.29, 1.82) is 5.26 Å². The third-order valence-electron chi connectivity index (χ3n) is 8.34. The first-order chi connectivity index (χ1) is 20.4. The summed E-state index contributed by atoms with van der Waals surface area (Å²) in [5, 5.41) is 26.7. The zero-order chi connectivity index (χ0) is 29.2. The van der Waals surface area contributed by atoms with Crippen molar-refractivity contribution in [3.05, 3.63) is 66.5 Å². The summed E-state index contributed by atoms with van der Waals surface area (Å²) < 4.78 is 7.98. The number of likely N-dealkylation sites (N-methyl/N-ethyl adjacent to an activating group) is 1. The fourth-order valence-corrected chi connectivity index (χ4v) is 6.10. The lowest BCUT2D eigenvalue weighted by Crippen LogP contribution is -2.55. The topological polar surface area (TPSA) is 123 Å². The number of piperazine rings is 1. The van der Waals surface area contributed by atoms with Crippen LogP contribution >= 0.6 is 0 Å². The minimum Gasteiger partial charge on any atom is -0.508 e. The SMILES string of the molecule is C=CC(=O)N1CCN(c2nc(OC[C@@H]3CCCN3C)nn3c(Cc4cc(O)cc5ccccc45)cnc23)C[C@@H]1CC#N. The maximum absolute atomic E-state index is 12.5. The van der Waals surface area contributed by atoms with Crippen LogP contribution in [0, 0.1) is 11.3 Å². The number of aromatic hydroxyl groups is 1. The number of nitriles is 1. The Balaban J connectivity index is 1.38. The number of rotatable bonds is 8. The number of benzene rings is 2. The van der Waals surface area contributed by atoms with Gasteiger partial charge in [-0.2, -0.15) is 10.2 Å². The maximum Gasteiger partial charge on any atom is 0.336 e. The lowest BCUT2D eigenvalue weighted by atomic mass is 10.0. The van der Waals surface area contributed by atoms with E-state index in [1.54, 1.807) is 27.7 Å². The summed E-state index contributed by atoms with van der Waals surface area (Å²) in [4.78, 5) is 28.1. The van der Waals surface area contributed by atoms with E-state index in [1.807, 2.05) is 24.3 Å². The van der Waals surface area contributed by atoms with E-state index in [-0.39, 0.29) is 30.1 Å². The molecule has 0 spiro atoms. The van der Waals surface area contributed by atoms with Gasteiger partial charge in [0.2, 0.25) is 5.91 Å². The van der Waals surface area contributed by atoms with Gasteiger partial charge in [0.05, 0.1) is 30.4 Å². The van der Waals surface area contributed by atoms with E-state index in [2.05, 4.69) is 29.5 Å². The van der Waals surface area contributed by atoms with E-state index >= 15 is 0 Å². The van der Waals surface area contributed by atoms with E-state index in [9.17, 15) is 15.2 Å². The summed E-state index contributed by atoms with van der Waals surface area (Å²) >= 11 is 0. The Bertz CT molecular complexity index is 1680. The number of nitrogens with zero attached hydrogens (tertiary/aromatic N) is 8. The molecule has 2 aliphatic heterocycles. The molecule has 6 rings (SSSR count). The second kappa shape index (κ2) is 11.7. The molecule has 0 unspecified atom stereocenters. The zero-order valence-electron chi connectivity index (χ0n) is 23.7. The van der Waals surface area contributed by atoms with Crippen LogP contribution in [0.25, 0.3) is 16.4 Å². The van der Waals surface area contributed by atoms with E-state index < -0.39 is 0 Å². The number of phenolic OH excluding ortho intramolecular Hbond substituents is 1. The monoisotopic (exact) mass is 566 g/mol. The number of phenols is 1. The normalized spacial score (nSPS) is 19.3. The highest BCUT2D eigenvalue weighted by atomic mass is 16.5. The second-order valence-electron chi connectivity index (χ2n) is 11.0. The molecule has 2 fully saturated rings. The number of ether oxygens (including phenoxy) is 1. The fourth-order valence-electron chi connectivity index (χ4n) is 6.10. The summed E-state index contributed by atoms with van der Waals surface area (Å²) in [5.41, 5.74) is 2.34. The maximum atomic E-state index is 12.5. The Hall–Kier alpha value is -4.69. The van der Waals surface area contributed by atoms with Gasteiger partial charge >= 0.3 is 6.01 Å². The van der Waals surface area contributed by atoms with Gasteiger partial charge in [-0.1, -0.05) is 30.8 Å². The summed E-state index contributed by atoms with van der Waals surface area (Å²) in [6, 6.07) is 13.9. The first-order valence-corrected chi connectivity index (χ1v) is 14.3. The van der Waals surface area contributed by atoms with Gasteiger partial charge in [0, 0.05) is 32.1 Å². The van der Waals surface area contributed by atoms with Crippen molar-refractivity contribution in [1.82, 2.24) is 29.4 Å².